The van der Waals surface area contributed by atoms with Gasteiger partial charge in [0.25, 0.3) is 5.91 Å². The fraction of sp³-hybridized carbons (Fsp3) is 0.409. The van der Waals surface area contributed by atoms with E-state index in [4.69, 9.17) is 4.74 Å². The Hall–Kier alpha value is -2.33. The smallest absolute Gasteiger partial charge is 0.260 e. The van der Waals surface area contributed by atoms with E-state index in [2.05, 4.69) is 36.2 Å². The molecule has 0 N–H and O–H groups in total. The average molecular weight is 352 g/mol. The third kappa shape index (κ3) is 5.33. The van der Waals surface area contributed by atoms with Crippen molar-refractivity contribution in [2.75, 3.05) is 33.3 Å². The van der Waals surface area contributed by atoms with Crippen LogP contribution < -0.4 is 4.74 Å². The second kappa shape index (κ2) is 9.39. The Morgan fingerprint density at radius 2 is 1.65 bits per heavy atom. The summed E-state index contributed by atoms with van der Waals surface area (Å²) in [6, 6.07) is 20.2. The maximum atomic E-state index is 12.9. The van der Waals surface area contributed by atoms with Crippen LogP contribution in [0.5, 0.6) is 5.75 Å². The molecule has 1 heterocycles. The number of amides is 1. The molecule has 3 rings (SSSR count). The minimum absolute atomic E-state index is 0.0827. The Balaban J connectivity index is 1.62. The Bertz CT molecular complexity index is 667. The molecule has 4 heteroatoms. The molecule has 0 aliphatic carbocycles. The van der Waals surface area contributed by atoms with E-state index in [1.54, 1.807) is 0 Å². The minimum atomic E-state index is 0.0827. The number of carbonyl (C=O) groups is 1. The third-order valence-corrected chi connectivity index (χ3v) is 5.04. The van der Waals surface area contributed by atoms with Gasteiger partial charge in [-0.15, -0.1) is 0 Å². The van der Waals surface area contributed by atoms with Crippen LogP contribution in [0, 0.1) is 0 Å². The van der Waals surface area contributed by atoms with Gasteiger partial charge in [0.1, 0.15) is 5.75 Å². The summed E-state index contributed by atoms with van der Waals surface area (Å²) in [6.07, 6.45) is 2.94. The van der Waals surface area contributed by atoms with Crippen molar-refractivity contribution in [3.05, 3.63) is 66.2 Å². The number of hydrogen-bond donors (Lipinski definition) is 0. The van der Waals surface area contributed by atoms with Crippen LogP contribution in [-0.2, 0) is 11.2 Å². The molecule has 0 spiro atoms. The maximum absolute atomic E-state index is 12.9. The normalized spacial score (nSPS) is 15.6. The number of benzene rings is 2. The van der Waals surface area contributed by atoms with E-state index < -0.39 is 0 Å². The standard InChI is InChI=1S/C22H28N2O2/c1-23-15-13-20(14-16-23)24(17-12-19-8-4-2-5-9-19)22(25)18-26-21-10-6-3-7-11-21/h2-11,20H,12-18H2,1H3. The second-order valence-corrected chi connectivity index (χ2v) is 6.96. The molecule has 138 valence electrons. The molecule has 26 heavy (non-hydrogen) atoms. The first-order chi connectivity index (χ1) is 12.7. The van der Waals surface area contributed by atoms with Gasteiger partial charge in [-0.3, -0.25) is 4.79 Å². The lowest BCUT2D eigenvalue weighted by molar-refractivity contribution is -0.136. The number of nitrogens with zero attached hydrogens (tertiary/aromatic N) is 2. The van der Waals surface area contributed by atoms with E-state index in [0.29, 0.717) is 6.04 Å². The molecule has 1 aliphatic rings. The zero-order valence-electron chi connectivity index (χ0n) is 15.5. The summed E-state index contributed by atoms with van der Waals surface area (Å²) in [7, 11) is 2.14. The quantitative estimate of drug-likeness (QED) is 0.767. The van der Waals surface area contributed by atoms with Gasteiger partial charge in [-0.1, -0.05) is 48.5 Å². The van der Waals surface area contributed by atoms with E-state index in [9.17, 15) is 4.79 Å². The summed E-state index contributed by atoms with van der Waals surface area (Å²) in [4.78, 5) is 17.3. The van der Waals surface area contributed by atoms with E-state index in [0.717, 1.165) is 44.6 Å². The van der Waals surface area contributed by atoms with E-state index in [1.165, 1.54) is 5.56 Å². The molecule has 1 amide bonds. The van der Waals surface area contributed by atoms with Crippen LogP contribution in [0.1, 0.15) is 18.4 Å². The van der Waals surface area contributed by atoms with Crippen LogP contribution in [0.25, 0.3) is 0 Å². The van der Waals surface area contributed by atoms with Crippen LogP contribution in [0.15, 0.2) is 60.7 Å². The van der Waals surface area contributed by atoms with Gasteiger partial charge >= 0.3 is 0 Å². The average Bonchev–Trinajstić information content (AvgIpc) is 2.69. The Labute approximate surface area is 156 Å². The van der Waals surface area contributed by atoms with Gasteiger partial charge in [0.2, 0.25) is 0 Å². The zero-order valence-corrected chi connectivity index (χ0v) is 15.5. The Kier molecular flexibility index (Phi) is 6.67. The number of carbonyl (C=O) groups excluding carboxylic acids is 1. The molecule has 0 aromatic heterocycles. The summed E-state index contributed by atoms with van der Waals surface area (Å²) in [5.41, 5.74) is 1.27. The molecule has 0 radical (unpaired) electrons. The largest absolute Gasteiger partial charge is 0.484 e. The van der Waals surface area contributed by atoms with Crippen LogP contribution in [0.4, 0.5) is 0 Å². The fourth-order valence-corrected chi connectivity index (χ4v) is 3.46. The number of para-hydroxylation sites is 1. The molecule has 4 nitrogen and oxygen atoms in total. The van der Waals surface area contributed by atoms with Gasteiger partial charge < -0.3 is 14.5 Å². The molecule has 1 saturated heterocycles. The summed E-state index contributed by atoms with van der Waals surface area (Å²) >= 11 is 0. The lowest BCUT2D eigenvalue weighted by Crippen LogP contribution is -2.48. The highest BCUT2D eigenvalue weighted by molar-refractivity contribution is 5.78. The first-order valence-electron chi connectivity index (χ1n) is 9.42. The number of ether oxygens (including phenoxy) is 1. The predicted octanol–water partition coefficient (Wildman–Crippen LogP) is 3.23. The van der Waals surface area contributed by atoms with Gasteiger partial charge in [0.15, 0.2) is 6.61 Å². The molecule has 2 aromatic rings. The highest BCUT2D eigenvalue weighted by Crippen LogP contribution is 2.17. The number of rotatable bonds is 7. The van der Waals surface area contributed by atoms with E-state index in [1.807, 2.05) is 41.3 Å². The van der Waals surface area contributed by atoms with Crippen LogP contribution in [0.2, 0.25) is 0 Å². The third-order valence-electron chi connectivity index (χ3n) is 5.04. The van der Waals surface area contributed by atoms with Crippen molar-refractivity contribution in [2.45, 2.75) is 25.3 Å². The van der Waals surface area contributed by atoms with Crippen molar-refractivity contribution in [1.29, 1.82) is 0 Å². The highest BCUT2D eigenvalue weighted by atomic mass is 16.5. The molecule has 0 atom stereocenters. The molecule has 1 fully saturated rings. The van der Waals surface area contributed by atoms with Crippen molar-refractivity contribution >= 4 is 5.91 Å². The van der Waals surface area contributed by atoms with E-state index in [-0.39, 0.29) is 12.5 Å². The second-order valence-electron chi connectivity index (χ2n) is 6.96. The molecule has 0 saturated carbocycles. The first kappa shape index (κ1) is 18.5. The monoisotopic (exact) mass is 352 g/mol. The highest BCUT2D eigenvalue weighted by Gasteiger charge is 2.27. The molecule has 2 aromatic carbocycles. The topological polar surface area (TPSA) is 32.8 Å². The lowest BCUT2D eigenvalue weighted by atomic mass is 10.0. The lowest BCUT2D eigenvalue weighted by Gasteiger charge is -2.37. The Morgan fingerprint density at radius 1 is 1.04 bits per heavy atom. The minimum Gasteiger partial charge on any atom is -0.484 e. The molecular formula is C22H28N2O2. The molecule has 0 unspecified atom stereocenters. The zero-order chi connectivity index (χ0) is 18.2. The van der Waals surface area contributed by atoms with Gasteiger partial charge in [-0.25, -0.2) is 0 Å². The number of likely N-dealkylation sites (tertiary alicyclic amines) is 1. The molecular weight excluding hydrogens is 324 g/mol. The van der Waals surface area contributed by atoms with Crippen LogP contribution >= 0.6 is 0 Å². The molecule has 1 aliphatic heterocycles. The summed E-state index contributed by atoms with van der Waals surface area (Å²) in [6.45, 7) is 2.93. The van der Waals surface area contributed by atoms with Crippen LogP contribution in [-0.4, -0.2) is 55.0 Å². The van der Waals surface area contributed by atoms with Gasteiger partial charge in [-0.05, 0) is 57.1 Å². The number of piperidine rings is 1. The van der Waals surface area contributed by atoms with Crippen molar-refractivity contribution in [3.63, 3.8) is 0 Å². The fourth-order valence-electron chi connectivity index (χ4n) is 3.46. The van der Waals surface area contributed by atoms with Gasteiger partial charge in [-0.2, -0.15) is 0 Å². The predicted molar refractivity (Wildman–Crippen MR) is 104 cm³/mol. The first-order valence-corrected chi connectivity index (χ1v) is 9.42. The van der Waals surface area contributed by atoms with Crippen molar-refractivity contribution in [3.8, 4) is 5.75 Å². The maximum Gasteiger partial charge on any atom is 0.260 e. The SMILES string of the molecule is CN1CCC(N(CCc2ccccc2)C(=O)COc2ccccc2)CC1. The van der Waals surface area contributed by atoms with Gasteiger partial charge in [0, 0.05) is 12.6 Å². The van der Waals surface area contributed by atoms with Crippen molar-refractivity contribution in [1.82, 2.24) is 9.80 Å². The van der Waals surface area contributed by atoms with Crippen molar-refractivity contribution in [2.24, 2.45) is 0 Å². The summed E-state index contributed by atoms with van der Waals surface area (Å²) in [5.74, 6) is 0.826. The molecule has 0 bridgehead atoms. The van der Waals surface area contributed by atoms with E-state index >= 15 is 0 Å². The van der Waals surface area contributed by atoms with Crippen molar-refractivity contribution < 1.29 is 9.53 Å². The Morgan fingerprint density at radius 3 is 2.31 bits per heavy atom. The summed E-state index contributed by atoms with van der Waals surface area (Å²) in [5, 5.41) is 0. The van der Waals surface area contributed by atoms with Crippen LogP contribution in [0.3, 0.4) is 0 Å². The number of hydrogen-bond acceptors (Lipinski definition) is 3. The van der Waals surface area contributed by atoms with Gasteiger partial charge in [0.05, 0.1) is 0 Å². The summed E-state index contributed by atoms with van der Waals surface area (Å²) < 4.78 is 5.71.